The van der Waals surface area contributed by atoms with E-state index in [0.717, 1.165) is 23.1 Å². The first kappa shape index (κ1) is 15.4. The average molecular weight is 326 g/mol. The molecule has 0 aliphatic carbocycles. The summed E-state index contributed by atoms with van der Waals surface area (Å²) < 4.78 is 0.435. The SMILES string of the molecule is C[C@@H](O)c1cc([N+](=O)[O-])c(Sc2ccc([N+](=O)[O-])cc2)s1. The average Bonchev–Trinajstić information content (AvgIpc) is 2.83. The Kier molecular flexibility index (Phi) is 4.56. The summed E-state index contributed by atoms with van der Waals surface area (Å²) in [6.45, 7) is 1.54. The van der Waals surface area contributed by atoms with Crippen LogP contribution in [0, 0.1) is 20.2 Å². The Hall–Kier alpha value is -1.97. The second-order valence-electron chi connectivity index (χ2n) is 4.11. The van der Waals surface area contributed by atoms with Crippen molar-refractivity contribution in [1.82, 2.24) is 0 Å². The van der Waals surface area contributed by atoms with Crippen molar-refractivity contribution in [1.29, 1.82) is 0 Å². The van der Waals surface area contributed by atoms with Crippen molar-refractivity contribution in [2.24, 2.45) is 0 Å². The van der Waals surface area contributed by atoms with Crippen molar-refractivity contribution >= 4 is 34.5 Å². The summed E-state index contributed by atoms with van der Waals surface area (Å²) in [4.78, 5) is 21.7. The predicted octanol–water partition coefficient (Wildman–Crippen LogP) is 3.77. The number of hydrogen-bond acceptors (Lipinski definition) is 7. The number of rotatable bonds is 5. The van der Waals surface area contributed by atoms with E-state index >= 15 is 0 Å². The quantitative estimate of drug-likeness (QED) is 0.662. The Balaban J connectivity index is 2.29. The lowest BCUT2D eigenvalue weighted by Crippen LogP contribution is -1.88. The van der Waals surface area contributed by atoms with E-state index in [4.69, 9.17) is 0 Å². The normalized spacial score (nSPS) is 12.1. The highest BCUT2D eigenvalue weighted by Crippen LogP contribution is 2.43. The summed E-state index contributed by atoms with van der Waals surface area (Å²) in [6, 6.07) is 7.11. The van der Waals surface area contributed by atoms with Gasteiger partial charge in [-0.3, -0.25) is 20.2 Å². The maximum atomic E-state index is 11.0. The van der Waals surface area contributed by atoms with Gasteiger partial charge >= 0.3 is 0 Å². The van der Waals surface area contributed by atoms with E-state index < -0.39 is 16.0 Å². The molecular weight excluding hydrogens is 316 g/mol. The third-order valence-electron chi connectivity index (χ3n) is 2.57. The van der Waals surface area contributed by atoms with E-state index in [9.17, 15) is 25.3 Å². The van der Waals surface area contributed by atoms with Crippen LogP contribution in [0.1, 0.15) is 17.9 Å². The minimum Gasteiger partial charge on any atom is -0.388 e. The molecule has 0 radical (unpaired) electrons. The molecule has 110 valence electrons. The van der Waals surface area contributed by atoms with Crippen molar-refractivity contribution in [3.8, 4) is 0 Å². The van der Waals surface area contributed by atoms with Crippen molar-refractivity contribution in [2.75, 3.05) is 0 Å². The Labute approximate surface area is 127 Å². The highest BCUT2D eigenvalue weighted by molar-refractivity contribution is 8.01. The van der Waals surface area contributed by atoms with Gasteiger partial charge in [0.05, 0.1) is 16.0 Å². The minimum atomic E-state index is -0.778. The van der Waals surface area contributed by atoms with Crippen LogP contribution in [0.15, 0.2) is 39.4 Å². The van der Waals surface area contributed by atoms with Crippen LogP contribution in [0.2, 0.25) is 0 Å². The zero-order valence-corrected chi connectivity index (χ0v) is 12.4. The molecule has 0 amide bonds. The lowest BCUT2D eigenvalue weighted by molar-refractivity contribution is -0.387. The van der Waals surface area contributed by atoms with E-state index in [1.807, 2.05) is 0 Å². The predicted molar refractivity (Wildman–Crippen MR) is 78.8 cm³/mol. The summed E-state index contributed by atoms with van der Waals surface area (Å²) >= 11 is 2.28. The molecule has 0 aliphatic heterocycles. The summed E-state index contributed by atoms with van der Waals surface area (Å²) in [6.07, 6.45) is -0.778. The Bertz CT molecular complexity index is 681. The number of aliphatic hydroxyl groups is 1. The fourth-order valence-corrected chi connectivity index (χ4v) is 3.79. The molecule has 1 aromatic heterocycles. The number of nitro groups is 2. The Morgan fingerprint density at radius 1 is 1.19 bits per heavy atom. The van der Waals surface area contributed by atoms with Crippen molar-refractivity contribution in [3.63, 3.8) is 0 Å². The third-order valence-corrected chi connectivity index (χ3v) is 5.06. The molecule has 0 saturated heterocycles. The number of aliphatic hydroxyl groups excluding tert-OH is 1. The zero-order chi connectivity index (χ0) is 15.6. The minimum absolute atomic E-state index is 0.0373. The molecular formula is C12H10N2O5S2. The van der Waals surface area contributed by atoms with Crippen LogP contribution in [-0.2, 0) is 0 Å². The van der Waals surface area contributed by atoms with Gasteiger partial charge in [0.2, 0.25) is 0 Å². The van der Waals surface area contributed by atoms with Crippen LogP contribution in [0.3, 0.4) is 0 Å². The van der Waals surface area contributed by atoms with E-state index in [-0.39, 0.29) is 11.4 Å². The molecule has 21 heavy (non-hydrogen) atoms. The lowest BCUT2D eigenvalue weighted by Gasteiger charge is -1.99. The summed E-state index contributed by atoms with van der Waals surface area (Å²) in [5.74, 6) is 0. The Morgan fingerprint density at radius 3 is 2.29 bits per heavy atom. The fourth-order valence-electron chi connectivity index (χ4n) is 1.53. The second kappa shape index (κ2) is 6.20. The standard InChI is InChI=1S/C12H10N2O5S2/c1-7(15)11-6-10(14(18)19)12(21-11)20-9-4-2-8(3-5-9)13(16)17/h2-7,15H,1H3/t7-/m1/s1. The summed E-state index contributed by atoms with van der Waals surface area (Å²) in [5, 5.41) is 31.1. The van der Waals surface area contributed by atoms with Gasteiger partial charge < -0.3 is 5.11 Å². The molecule has 0 saturated carbocycles. The maximum absolute atomic E-state index is 11.0. The van der Waals surface area contributed by atoms with Gasteiger partial charge in [-0.2, -0.15) is 0 Å². The number of non-ortho nitro benzene ring substituents is 1. The van der Waals surface area contributed by atoms with Crippen molar-refractivity contribution in [2.45, 2.75) is 22.1 Å². The first-order valence-corrected chi connectivity index (χ1v) is 7.40. The molecule has 1 atom stereocenters. The first-order chi connectivity index (χ1) is 9.88. The lowest BCUT2D eigenvalue weighted by atomic mass is 10.3. The second-order valence-corrected chi connectivity index (χ2v) is 6.53. The molecule has 9 heteroatoms. The largest absolute Gasteiger partial charge is 0.388 e. The molecule has 0 aliphatic rings. The van der Waals surface area contributed by atoms with Gasteiger partial charge in [0, 0.05) is 28.0 Å². The summed E-state index contributed by atoms with van der Waals surface area (Å²) in [5.41, 5.74) is -0.107. The van der Waals surface area contributed by atoms with Gasteiger partial charge in [-0.1, -0.05) is 11.8 Å². The number of nitrogens with zero attached hydrogens (tertiary/aromatic N) is 2. The highest BCUT2D eigenvalue weighted by Gasteiger charge is 2.22. The molecule has 0 bridgehead atoms. The van der Waals surface area contributed by atoms with E-state index in [0.29, 0.717) is 14.0 Å². The highest BCUT2D eigenvalue weighted by atomic mass is 32.2. The number of thiophene rings is 1. The van der Waals surface area contributed by atoms with Crippen LogP contribution in [0.5, 0.6) is 0 Å². The molecule has 1 heterocycles. The van der Waals surface area contributed by atoms with E-state index in [1.165, 1.54) is 37.3 Å². The van der Waals surface area contributed by atoms with Crippen LogP contribution in [0.4, 0.5) is 11.4 Å². The van der Waals surface area contributed by atoms with Crippen LogP contribution < -0.4 is 0 Å². The van der Waals surface area contributed by atoms with Crippen molar-refractivity contribution < 1.29 is 15.0 Å². The van der Waals surface area contributed by atoms with Crippen LogP contribution >= 0.6 is 23.1 Å². The van der Waals surface area contributed by atoms with Crippen LogP contribution in [-0.4, -0.2) is 15.0 Å². The van der Waals surface area contributed by atoms with Gasteiger partial charge in [-0.15, -0.1) is 11.3 Å². The Morgan fingerprint density at radius 2 is 1.81 bits per heavy atom. The molecule has 1 N–H and O–H groups in total. The monoisotopic (exact) mass is 326 g/mol. The van der Waals surface area contributed by atoms with Crippen molar-refractivity contribution in [3.05, 3.63) is 55.4 Å². The van der Waals surface area contributed by atoms with Gasteiger partial charge in [0.25, 0.3) is 11.4 Å². The number of nitro benzene ring substituents is 1. The zero-order valence-electron chi connectivity index (χ0n) is 10.8. The maximum Gasteiger partial charge on any atom is 0.294 e. The molecule has 7 nitrogen and oxygen atoms in total. The number of hydrogen-bond donors (Lipinski definition) is 1. The molecule has 2 aromatic rings. The first-order valence-electron chi connectivity index (χ1n) is 5.77. The molecule has 0 spiro atoms. The number of benzene rings is 1. The van der Waals surface area contributed by atoms with E-state index in [2.05, 4.69) is 0 Å². The third kappa shape index (κ3) is 3.57. The van der Waals surface area contributed by atoms with E-state index in [1.54, 1.807) is 0 Å². The molecule has 1 aromatic carbocycles. The summed E-state index contributed by atoms with van der Waals surface area (Å²) in [7, 11) is 0. The molecule has 0 fully saturated rings. The fraction of sp³-hybridized carbons (Fsp3) is 0.167. The molecule has 0 unspecified atom stereocenters. The topological polar surface area (TPSA) is 107 Å². The van der Waals surface area contributed by atoms with Gasteiger partial charge in [0.15, 0.2) is 0 Å². The smallest absolute Gasteiger partial charge is 0.294 e. The molecule has 2 rings (SSSR count). The van der Waals surface area contributed by atoms with Gasteiger partial charge in [-0.25, -0.2) is 0 Å². The van der Waals surface area contributed by atoms with Crippen LogP contribution in [0.25, 0.3) is 0 Å². The van der Waals surface area contributed by atoms with Gasteiger partial charge in [-0.05, 0) is 19.1 Å². The van der Waals surface area contributed by atoms with Gasteiger partial charge in [0.1, 0.15) is 4.21 Å².